The molecule has 0 fully saturated rings. The number of pyridine rings is 1. The monoisotopic (exact) mass is 281 g/mol. The van der Waals surface area contributed by atoms with Gasteiger partial charge in [-0.25, -0.2) is 4.39 Å². The van der Waals surface area contributed by atoms with E-state index in [9.17, 15) is 9.50 Å². The smallest absolute Gasteiger partial charge is 0.123 e. The number of hydrogen-bond acceptors (Lipinski definition) is 2. The van der Waals surface area contributed by atoms with E-state index in [0.29, 0.717) is 5.56 Å². The first kappa shape index (κ1) is 13.7. The molecule has 1 unspecified atom stereocenters. The molecule has 0 aliphatic heterocycles. The third kappa shape index (κ3) is 2.52. The van der Waals surface area contributed by atoms with E-state index in [1.165, 1.54) is 12.1 Å². The van der Waals surface area contributed by atoms with Gasteiger partial charge in [0.2, 0.25) is 0 Å². The van der Waals surface area contributed by atoms with Crippen LogP contribution in [0, 0.1) is 19.7 Å². The molecule has 0 spiro atoms. The lowest BCUT2D eigenvalue weighted by molar-refractivity contribution is 0.220. The first-order valence-corrected chi connectivity index (χ1v) is 6.86. The van der Waals surface area contributed by atoms with E-state index in [-0.39, 0.29) is 5.82 Å². The van der Waals surface area contributed by atoms with Crippen LogP contribution >= 0.6 is 0 Å². The summed E-state index contributed by atoms with van der Waals surface area (Å²) < 4.78 is 13.5. The molecule has 2 aromatic carbocycles. The summed E-state index contributed by atoms with van der Waals surface area (Å²) in [5.74, 6) is -0.343. The lowest BCUT2D eigenvalue weighted by Gasteiger charge is -2.17. The molecule has 0 radical (unpaired) electrons. The number of aliphatic hydroxyl groups is 1. The van der Waals surface area contributed by atoms with Crippen molar-refractivity contribution in [2.45, 2.75) is 20.0 Å². The predicted octanol–water partition coefficient (Wildman–Crippen LogP) is 4.07. The molecule has 0 saturated heterocycles. The molecule has 0 amide bonds. The van der Waals surface area contributed by atoms with Crippen LogP contribution in [-0.4, -0.2) is 10.1 Å². The van der Waals surface area contributed by atoms with Crippen molar-refractivity contribution >= 4 is 10.9 Å². The molecule has 1 aromatic heterocycles. The molecule has 1 N–H and O–H groups in total. The molecule has 3 aromatic rings. The molecule has 0 saturated carbocycles. The summed E-state index contributed by atoms with van der Waals surface area (Å²) in [4.78, 5) is 4.47. The lowest BCUT2D eigenvalue weighted by atomic mass is 9.94. The Morgan fingerprint density at radius 1 is 1.00 bits per heavy atom. The van der Waals surface area contributed by atoms with E-state index >= 15 is 0 Å². The second-order valence-corrected chi connectivity index (χ2v) is 5.27. The Hall–Kier alpha value is -2.26. The van der Waals surface area contributed by atoms with Crippen LogP contribution in [0.3, 0.4) is 0 Å². The van der Waals surface area contributed by atoms with E-state index in [2.05, 4.69) is 4.98 Å². The van der Waals surface area contributed by atoms with E-state index in [1.807, 2.05) is 44.2 Å². The van der Waals surface area contributed by atoms with Gasteiger partial charge in [0.1, 0.15) is 11.9 Å². The largest absolute Gasteiger partial charge is 0.384 e. The fourth-order valence-corrected chi connectivity index (χ4v) is 2.64. The molecule has 3 heteroatoms. The van der Waals surface area contributed by atoms with Crippen molar-refractivity contribution in [3.05, 3.63) is 76.7 Å². The Kier molecular flexibility index (Phi) is 3.43. The summed E-state index contributed by atoms with van der Waals surface area (Å²) >= 11 is 0. The van der Waals surface area contributed by atoms with Crippen molar-refractivity contribution in [1.82, 2.24) is 4.98 Å². The van der Waals surface area contributed by atoms with E-state index in [0.717, 1.165) is 27.7 Å². The van der Waals surface area contributed by atoms with Gasteiger partial charge in [0.15, 0.2) is 0 Å². The average molecular weight is 281 g/mol. The number of aryl methyl sites for hydroxylation is 2. The van der Waals surface area contributed by atoms with Gasteiger partial charge in [-0.15, -0.1) is 0 Å². The molecule has 21 heavy (non-hydrogen) atoms. The molecular formula is C18H16FNO. The molecule has 0 bridgehead atoms. The third-order valence-corrected chi connectivity index (χ3v) is 3.71. The summed E-state index contributed by atoms with van der Waals surface area (Å²) in [5.41, 5.74) is 3.87. The third-order valence-electron chi connectivity index (χ3n) is 3.71. The number of halogens is 1. The molecule has 1 heterocycles. The van der Waals surface area contributed by atoms with Crippen LogP contribution in [0.25, 0.3) is 10.9 Å². The highest BCUT2D eigenvalue weighted by Gasteiger charge is 2.17. The number of nitrogens with zero attached hydrogens (tertiary/aromatic N) is 1. The number of hydrogen-bond donors (Lipinski definition) is 1. The number of aromatic nitrogens is 1. The van der Waals surface area contributed by atoms with Crippen molar-refractivity contribution < 1.29 is 9.50 Å². The zero-order valence-electron chi connectivity index (χ0n) is 12.0. The first-order valence-electron chi connectivity index (χ1n) is 6.86. The number of rotatable bonds is 2. The highest BCUT2D eigenvalue weighted by atomic mass is 19.1. The topological polar surface area (TPSA) is 33.1 Å². The van der Waals surface area contributed by atoms with Gasteiger partial charge in [-0.2, -0.15) is 0 Å². The van der Waals surface area contributed by atoms with Crippen LogP contribution in [0.4, 0.5) is 4.39 Å². The Morgan fingerprint density at radius 2 is 1.76 bits per heavy atom. The molecule has 1 atom stereocenters. The van der Waals surface area contributed by atoms with Crippen LogP contribution in [0.1, 0.15) is 28.5 Å². The maximum atomic E-state index is 13.5. The minimum Gasteiger partial charge on any atom is -0.384 e. The number of fused-ring (bicyclic) bond motifs is 1. The fourth-order valence-electron chi connectivity index (χ4n) is 2.64. The quantitative estimate of drug-likeness (QED) is 0.768. The highest BCUT2D eigenvalue weighted by molar-refractivity contribution is 5.83. The van der Waals surface area contributed by atoms with Gasteiger partial charge >= 0.3 is 0 Å². The minimum absolute atomic E-state index is 0.343. The van der Waals surface area contributed by atoms with Crippen LogP contribution in [-0.2, 0) is 0 Å². The Bertz CT molecular complexity index is 813. The van der Waals surface area contributed by atoms with Crippen molar-refractivity contribution in [1.29, 1.82) is 0 Å². The van der Waals surface area contributed by atoms with Gasteiger partial charge in [-0.3, -0.25) is 4.98 Å². The standard InChI is InChI=1S/C18H16FNO/c1-11-7-8-13(19)10-15(11)18(21)16-9-12(2)20-17-6-4-3-5-14(16)17/h3-10,18,21H,1-2H3. The van der Waals surface area contributed by atoms with Crippen LogP contribution in [0.5, 0.6) is 0 Å². The van der Waals surface area contributed by atoms with Crippen molar-refractivity contribution in [3.63, 3.8) is 0 Å². The van der Waals surface area contributed by atoms with Gasteiger partial charge in [0.05, 0.1) is 5.52 Å². The number of aliphatic hydroxyl groups excluding tert-OH is 1. The highest BCUT2D eigenvalue weighted by Crippen LogP contribution is 2.30. The second-order valence-electron chi connectivity index (χ2n) is 5.27. The van der Waals surface area contributed by atoms with Crippen molar-refractivity contribution in [3.8, 4) is 0 Å². The van der Waals surface area contributed by atoms with E-state index < -0.39 is 6.10 Å². The number of benzene rings is 2. The van der Waals surface area contributed by atoms with Gasteiger partial charge in [0, 0.05) is 11.1 Å². The van der Waals surface area contributed by atoms with Gasteiger partial charge in [-0.1, -0.05) is 24.3 Å². The molecule has 0 aliphatic rings. The summed E-state index contributed by atoms with van der Waals surface area (Å²) in [7, 11) is 0. The van der Waals surface area contributed by atoms with Gasteiger partial charge < -0.3 is 5.11 Å². The molecule has 0 aliphatic carbocycles. The first-order chi connectivity index (χ1) is 10.1. The normalized spacial score (nSPS) is 12.6. The Morgan fingerprint density at radius 3 is 2.57 bits per heavy atom. The van der Waals surface area contributed by atoms with E-state index in [1.54, 1.807) is 6.07 Å². The Balaban J connectivity index is 2.22. The number of para-hydroxylation sites is 1. The summed E-state index contributed by atoms with van der Waals surface area (Å²) in [6.45, 7) is 3.76. The second kappa shape index (κ2) is 5.26. The van der Waals surface area contributed by atoms with E-state index in [4.69, 9.17) is 0 Å². The van der Waals surface area contributed by atoms with Gasteiger partial charge in [-0.05, 0) is 54.8 Å². The summed E-state index contributed by atoms with van der Waals surface area (Å²) in [5, 5.41) is 11.6. The zero-order chi connectivity index (χ0) is 15.0. The van der Waals surface area contributed by atoms with Crippen molar-refractivity contribution in [2.75, 3.05) is 0 Å². The van der Waals surface area contributed by atoms with Crippen molar-refractivity contribution in [2.24, 2.45) is 0 Å². The SMILES string of the molecule is Cc1cc(C(O)c2cc(F)ccc2C)c2ccccc2n1. The molecule has 3 rings (SSSR count). The van der Waals surface area contributed by atoms with Crippen LogP contribution < -0.4 is 0 Å². The molecular weight excluding hydrogens is 265 g/mol. The molecule has 2 nitrogen and oxygen atoms in total. The minimum atomic E-state index is -0.868. The predicted molar refractivity (Wildman–Crippen MR) is 81.7 cm³/mol. The summed E-state index contributed by atoms with van der Waals surface area (Å²) in [6.07, 6.45) is -0.868. The zero-order valence-corrected chi connectivity index (χ0v) is 12.0. The molecule has 106 valence electrons. The van der Waals surface area contributed by atoms with Crippen LogP contribution in [0.15, 0.2) is 48.5 Å². The maximum Gasteiger partial charge on any atom is 0.123 e. The lowest BCUT2D eigenvalue weighted by Crippen LogP contribution is -2.05. The summed E-state index contributed by atoms with van der Waals surface area (Å²) in [6, 6.07) is 14.0. The fraction of sp³-hybridized carbons (Fsp3) is 0.167. The maximum absolute atomic E-state index is 13.5. The van der Waals surface area contributed by atoms with Crippen LogP contribution in [0.2, 0.25) is 0 Å². The Labute approximate surface area is 122 Å². The van der Waals surface area contributed by atoms with Gasteiger partial charge in [0.25, 0.3) is 0 Å². The average Bonchev–Trinajstić information content (AvgIpc) is 2.48.